The van der Waals surface area contributed by atoms with E-state index in [1.54, 1.807) is 7.11 Å². The van der Waals surface area contributed by atoms with E-state index in [2.05, 4.69) is 42.7 Å². The zero-order valence-electron chi connectivity index (χ0n) is 32.1. The van der Waals surface area contributed by atoms with E-state index in [0.29, 0.717) is 80.1 Å². The molecule has 0 saturated carbocycles. The maximum absolute atomic E-state index is 6.61. The van der Waals surface area contributed by atoms with Gasteiger partial charge in [-0.1, -0.05) is 21.9 Å². The smallest absolute Gasteiger partial charge is 0.302 e. The van der Waals surface area contributed by atoms with Crippen molar-refractivity contribution in [3.63, 3.8) is 0 Å². The number of methoxy groups -OCH3 is 1. The molecule has 59 heavy (non-hydrogen) atoms. The van der Waals surface area contributed by atoms with Crippen LogP contribution in [-0.4, -0.2) is 87.5 Å². The Labute approximate surface area is 340 Å². The standard InChI is InChI=1S/C41H36ClN12O5/c1-50-15-24-12-33-37(41-45-39(49-59-41)23-8-10-57-18-23)51(21-54(33)31-5-3-26(42)13-28(31)34(24)46-50)20-52-16-25-11-32-36(40-44-38(48-58-40)22-7-9-56-17-22)43-19-53(32)30-6-4-27(55-2)14-29(30)35(25)47-52/h3-6,13-16,19,21-23H,7-12,17-18,20H2,1-2H3/q+1/t22-,23-/m1/s1. The molecule has 0 N–H and O–H groups in total. The van der Waals surface area contributed by atoms with Gasteiger partial charge in [-0.05, 0) is 49.2 Å². The Morgan fingerprint density at radius 2 is 1.49 bits per heavy atom. The van der Waals surface area contributed by atoms with Gasteiger partial charge in [0, 0.05) is 79.0 Å². The number of nitrogens with zero attached hydrogens (tertiary/aromatic N) is 12. The first-order valence-corrected chi connectivity index (χ1v) is 19.9. The van der Waals surface area contributed by atoms with E-state index < -0.39 is 0 Å². The highest BCUT2D eigenvalue weighted by Gasteiger charge is 2.37. The molecule has 2 atom stereocenters. The highest BCUT2D eigenvalue weighted by molar-refractivity contribution is 6.31. The first kappa shape index (κ1) is 34.6. The molecule has 8 aromatic rings. The predicted octanol–water partition coefficient (Wildman–Crippen LogP) is 5.30. The lowest BCUT2D eigenvalue weighted by Crippen LogP contribution is -2.38. The number of aromatic nitrogens is 12. The number of hydrogen-bond acceptors (Lipinski definition) is 12. The van der Waals surface area contributed by atoms with E-state index in [1.165, 1.54) is 0 Å². The molecule has 0 radical (unpaired) electrons. The van der Waals surface area contributed by atoms with Crippen LogP contribution < -0.4 is 9.30 Å². The fourth-order valence-corrected chi connectivity index (χ4v) is 9.10. The Morgan fingerprint density at radius 3 is 2.27 bits per heavy atom. The Kier molecular flexibility index (Phi) is 7.80. The van der Waals surface area contributed by atoms with Crippen molar-refractivity contribution < 1.29 is 27.8 Å². The van der Waals surface area contributed by atoms with Gasteiger partial charge >= 0.3 is 5.89 Å². The van der Waals surface area contributed by atoms with Crippen molar-refractivity contribution in [1.29, 1.82) is 0 Å². The first-order valence-electron chi connectivity index (χ1n) is 19.6. The Morgan fingerprint density at radius 1 is 0.797 bits per heavy atom. The molecule has 296 valence electrons. The lowest BCUT2D eigenvalue weighted by molar-refractivity contribution is -0.692. The van der Waals surface area contributed by atoms with Gasteiger partial charge in [-0.3, -0.25) is 4.68 Å². The third kappa shape index (κ3) is 5.59. The molecule has 10 heterocycles. The van der Waals surface area contributed by atoms with Gasteiger partial charge < -0.3 is 27.8 Å². The second kappa shape index (κ2) is 13.3. The van der Waals surface area contributed by atoms with Crippen LogP contribution in [0.15, 0.2) is 70.5 Å². The largest absolute Gasteiger partial charge is 0.497 e. The van der Waals surface area contributed by atoms with Crippen molar-refractivity contribution in [3.8, 4) is 62.8 Å². The summed E-state index contributed by atoms with van der Waals surface area (Å²) in [6, 6.07) is 11.9. The quantitative estimate of drug-likeness (QED) is 0.191. The summed E-state index contributed by atoms with van der Waals surface area (Å²) < 4.78 is 39.1. The molecular formula is C41H36ClN12O5+. The van der Waals surface area contributed by atoms with Crippen molar-refractivity contribution >= 4 is 11.6 Å². The summed E-state index contributed by atoms with van der Waals surface area (Å²) in [5.74, 6) is 2.97. The average Bonchev–Trinajstić information content (AvgIpc) is 4.09. The summed E-state index contributed by atoms with van der Waals surface area (Å²) in [6.07, 6.45) is 10.8. The van der Waals surface area contributed by atoms with E-state index in [4.69, 9.17) is 60.0 Å². The fourth-order valence-electron chi connectivity index (χ4n) is 8.93. The van der Waals surface area contributed by atoms with Crippen molar-refractivity contribution in [2.75, 3.05) is 33.5 Å². The third-order valence-corrected chi connectivity index (χ3v) is 12.0. The topological polar surface area (TPSA) is 168 Å². The number of imidazole rings is 2. The van der Waals surface area contributed by atoms with Crippen LogP contribution >= 0.6 is 11.6 Å². The highest BCUT2D eigenvalue weighted by Crippen LogP contribution is 2.41. The predicted molar refractivity (Wildman–Crippen MR) is 208 cm³/mol. The molecule has 2 saturated heterocycles. The molecule has 2 aromatic carbocycles. The van der Waals surface area contributed by atoms with Gasteiger partial charge in [0.25, 0.3) is 12.2 Å². The Bertz CT molecular complexity index is 2940. The summed E-state index contributed by atoms with van der Waals surface area (Å²) in [7, 11) is 3.60. The van der Waals surface area contributed by atoms with Crippen molar-refractivity contribution in [2.45, 2.75) is 44.2 Å². The second-order valence-electron chi connectivity index (χ2n) is 15.5. The molecule has 2 fully saturated rings. The number of aryl methyl sites for hydroxylation is 1. The maximum atomic E-state index is 6.61. The molecule has 0 aliphatic carbocycles. The highest BCUT2D eigenvalue weighted by atomic mass is 35.5. The molecule has 0 bridgehead atoms. The minimum atomic E-state index is 0.0719. The van der Waals surface area contributed by atoms with Crippen LogP contribution in [0.3, 0.4) is 0 Å². The molecule has 6 aromatic heterocycles. The van der Waals surface area contributed by atoms with E-state index in [1.807, 2.05) is 59.1 Å². The van der Waals surface area contributed by atoms with Crippen molar-refractivity contribution in [3.05, 3.63) is 101 Å². The van der Waals surface area contributed by atoms with Crippen LogP contribution in [0.2, 0.25) is 5.02 Å². The number of halogens is 1. The van der Waals surface area contributed by atoms with Gasteiger partial charge in [0.1, 0.15) is 23.5 Å². The lowest BCUT2D eigenvalue weighted by Gasteiger charge is -2.11. The third-order valence-electron chi connectivity index (χ3n) is 11.8. The molecule has 12 rings (SSSR count). The van der Waals surface area contributed by atoms with Gasteiger partial charge in [-0.25, -0.2) is 14.2 Å². The molecule has 17 nitrogen and oxygen atoms in total. The van der Waals surface area contributed by atoms with Crippen molar-refractivity contribution in [2.24, 2.45) is 7.05 Å². The van der Waals surface area contributed by atoms with Crippen molar-refractivity contribution in [1.82, 2.24) is 54.0 Å². The monoisotopic (exact) mass is 811 g/mol. The van der Waals surface area contributed by atoms with Crippen LogP contribution in [0.25, 0.3) is 57.1 Å². The lowest BCUT2D eigenvalue weighted by atomic mass is 10.0. The normalized spacial score (nSPS) is 17.8. The van der Waals surface area contributed by atoms with Crippen LogP contribution in [0, 0.1) is 0 Å². The van der Waals surface area contributed by atoms with Crippen LogP contribution in [0.5, 0.6) is 5.75 Å². The van der Waals surface area contributed by atoms with Gasteiger partial charge in [0.15, 0.2) is 29.7 Å². The summed E-state index contributed by atoms with van der Waals surface area (Å²) >= 11 is 6.61. The Balaban J connectivity index is 0.992. The Hall–Kier alpha value is -6.43. The fraction of sp³-hybridized carbons (Fsp3) is 0.317. The molecule has 4 aliphatic heterocycles. The zero-order chi connectivity index (χ0) is 39.4. The van der Waals surface area contributed by atoms with E-state index in [-0.39, 0.29) is 11.8 Å². The van der Waals surface area contributed by atoms with E-state index in [9.17, 15) is 0 Å². The average molecular weight is 812 g/mol. The van der Waals surface area contributed by atoms with Gasteiger partial charge in [0.05, 0.1) is 43.0 Å². The summed E-state index contributed by atoms with van der Waals surface area (Å²) in [4.78, 5) is 14.6. The van der Waals surface area contributed by atoms with Gasteiger partial charge in [-0.15, -0.1) is 0 Å². The SMILES string of the molecule is COc1ccc2c(c1)-c1nn(C[n+]3cn4c(c3-c3nc([C@@H]5CCOC5)no3)Cc3cn(C)nc3-c3cc(Cl)ccc3-4)cc1Cc1c(-c3nc([C@@H]4CCOC4)no3)ncn1-2. The minimum Gasteiger partial charge on any atom is -0.497 e. The number of fused-ring (bicyclic) bond motifs is 10. The van der Waals surface area contributed by atoms with Crippen LogP contribution in [0.4, 0.5) is 0 Å². The molecule has 0 amide bonds. The van der Waals surface area contributed by atoms with Gasteiger partial charge in [-0.2, -0.15) is 24.7 Å². The number of ether oxygens (including phenoxy) is 3. The molecule has 0 spiro atoms. The van der Waals surface area contributed by atoms with Crippen LogP contribution in [0.1, 0.15) is 58.8 Å². The second-order valence-corrected chi connectivity index (χ2v) is 15.9. The molecular weight excluding hydrogens is 776 g/mol. The number of rotatable bonds is 7. The molecule has 18 heteroatoms. The molecule has 4 aliphatic rings. The number of hydrogen-bond donors (Lipinski definition) is 0. The van der Waals surface area contributed by atoms with Crippen LogP contribution in [-0.2, 0) is 36.0 Å². The maximum Gasteiger partial charge on any atom is 0.302 e. The first-order chi connectivity index (χ1) is 29.0. The van der Waals surface area contributed by atoms with Gasteiger partial charge in [0.2, 0.25) is 5.69 Å². The van der Waals surface area contributed by atoms with E-state index >= 15 is 0 Å². The summed E-state index contributed by atoms with van der Waals surface area (Å²) in [5, 5.41) is 19.6. The number of benzene rings is 2. The molecule has 0 unspecified atom stereocenters. The minimum absolute atomic E-state index is 0.0719. The summed E-state index contributed by atoms with van der Waals surface area (Å²) in [5.41, 5.74) is 10.7. The summed E-state index contributed by atoms with van der Waals surface area (Å²) in [6.45, 7) is 2.84. The zero-order valence-corrected chi connectivity index (χ0v) is 32.8. The van der Waals surface area contributed by atoms with E-state index in [0.717, 1.165) is 80.7 Å².